The summed E-state index contributed by atoms with van der Waals surface area (Å²) in [6.07, 6.45) is -3.70. The first-order chi connectivity index (χ1) is 14.1. The molecule has 0 amide bonds. The van der Waals surface area contributed by atoms with E-state index in [4.69, 9.17) is 4.74 Å². The number of aromatic nitrogens is 1. The van der Waals surface area contributed by atoms with Crippen molar-refractivity contribution in [1.82, 2.24) is 9.29 Å². The van der Waals surface area contributed by atoms with Crippen molar-refractivity contribution in [3.8, 4) is 5.19 Å². The van der Waals surface area contributed by atoms with Gasteiger partial charge >= 0.3 is 6.18 Å². The lowest BCUT2D eigenvalue weighted by molar-refractivity contribution is -0.137. The SMILES string of the molecule is Cc1cccc2sc(OC3CCN(S(=O)(=O)c4ccc(C(F)(F)F)cc4)CC3)nc12. The highest BCUT2D eigenvalue weighted by Crippen LogP contribution is 2.33. The summed E-state index contributed by atoms with van der Waals surface area (Å²) in [5.74, 6) is 0. The van der Waals surface area contributed by atoms with E-state index in [0.717, 1.165) is 40.0 Å². The van der Waals surface area contributed by atoms with E-state index in [0.29, 0.717) is 18.0 Å². The number of sulfonamides is 1. The zero-order chi connectivity index (χ0) is 21.5. The number of benzene rings is 2. The van der Waals surface area contributed by atoms with Gasteiger partial charge in [0, 0.05) is 13.1 Å². The summed E-state index contributed by atoms with van der Waals surface area (Å²) in [5, 5.41) is 0.559. The number of thiazole rings is 1. The predicted octanol–water partition coefficient (Wildman–Crippen LogP) is 4.86. The van der Waals surface area contributed by atoms with Crippen LogP contribution in [0.3, 0.4) is 0 Å². The minimum atomic E-state index is -4.50. The van der Waals surface area contributed by atoms with Crippen LogP contribution in [0.25, 0.3) is 10.2 Å². The van der Waals surface area contributed by atoms with Crippen LogP contribution in [-0.2, 0) is 16.2 Å². The van der Waals surface area contributed by atoms with E-state index < -0.39 is 21.8 Å². The van der Waals surface area contributed by atoms with E-state index in [-0.39, 0.29) is 24.1 Å². The zero-order valence-electron chi connectivity index (χ0n) is 16.0. The molecular formula is C20H19F3N2O3S2. The molecule has 2 aromatic carbocycles. The number of piperidine rings is 1. The standard InChI is InChI=1S/C20H19F3N2O3S2/c1-13-3-2-4-17-18(13)24-19(29-17)28-15-9-11-25(12-10-15)30(26,27)16-7-5-14(6-8-16)20(21,22)23/h2-8,15H,9-12H2,1H3. The third kappa shape index (κ3) is 4.17. The molecule has 1 aliphatic rings. The third-order valence-corrected chi connectivity index (χ3v) is 7.91. The van der Waals surface area contributed by atoms with Crippen LogP contribution < -0.4 is 4.74 Å². The van der Waals surface area contributed by atoms with Gasteiger partial charge in [0.05, 0.1) is 20.7 Å². The van der Waals surface area contributed by atoms with Gasteiger partial charge in [-0.1, -0.05) is 23.5 Å². The van der Waals surface area contributed by atoms with Crippen LogP contribution in [0.1, 0.15) is 24.0 Å². The molecule has 0 bridgehead atoms. The van der Waals surface area contributed by atoms with Crippen molar-refractivity contribution in [2.45, 2.75) is 36.9 Å². The Bertz CT molecular complexity index is 1150. The molecule has 1 saturated heterocycles. The molecule has 5 nitrogen and oxygen atoms in total. The van der Waals surface area contributed by atoms with Gasteiger partial charge in [-0.25, -0.2) is 13.4 Å². The number of ether oxygens (including phenoxy) is 1. The van der Waals surface area contributed by atoms with Crippen molar-refractivity contribution in [3.63, 3.8) is 0 Å². The Morgan fingerprint density at radius 2 is 1.77 bits per heavy atom. The Labute approximate surface area is 176 Å². The number of aryl methyl sites for hydroxylation is 1. The van der Waals surface area contributed by atoms with Crippen LogP contribution in [0.15, 0.2) is 47.4 Å². The molecule has 0 saturated carbocycles. The Morgan fingerprint density at radius 1 is 1.10 bits per heavy atom. The van der Waals surface area contributed by atoms with Gasteiger partial charge in [0.1, 0.15) is 6.10 Å². The number of fused-ring (bicyclic) bond motifs is 1. The number of nitrogens with zero attached hydrogens (tertiary/aromatic N) is 2. The Morgan fingerprint density at radius 3 is 2.37 bits per heavy atom. The monoisotopic (exact) mass is 456 g/mol. The van der Waals surface area contributed by atoms with E-state index in [1.165, 1.54) is 15.6 Å². The van der Waals surface area contributed by atoms with Crippen LogP contribution in [-0.4, -0.2) is 36.9 Å². The van der Waals surface area contributed by atoms with Crippen molar-refractivity contribution in [1.29, 1.82) is 0 Å². The molecule has 1 aromatic heterocycles. The first-order valence-corrected chi connectivity index (χ1v) is 11.6. The molecule has 1 aliphatic heterocycles. The maximum Gasteiger partial charge on any atom is 0.416 e. The van der Waals surface area contributed by atoms with E-state index in [1.807, 2.05) is 25.1 Å². The average molecular weight is 457 g/mol. The van der Waals surface area contributed by atoms with E-state index >= 15 is 0 Å². The highest BCUT2D eigenvalue weighted by atomic mass is 32.2. The van der Waals surface area contributed by atoms with Gasteiger partial charge in [-0.15, -0.1) is 0 Å². The smallest absolute Gasteiger partial charge is 0.416 e. The summed E-state index contributed by atoms with van der Waals surface area (Å²) in [6, 6.07) is 9.51. The number of para-hydroxylation sites is 1. The minimum Gasteiger partial charge on any atom is -0.467 e. The van der Waals surface area contributed by atoms with E-state index in [2.05, 4.69) is 4.98 Å². The zero-order valence-corrected chi connectivity index (χ0v) is 17.6. The van der Waals surface area contributed by atoms with Gasteiger partial charge < -0.3 is 4.74 Å². The second-order valence-electron chi connectivity index (χ2n) is 7.14. The average Bonchev–Trinajstić information content (AvgIpc) is 3.12. The van der Waals surface area contributed by atoms with Crippen molar-refractivity contribution < 1.29 is 26.3 Å². The fraction of sp³-hybridized carbons (Fsp3) is 0.350. The highest BCUT2D eigenvalue weighted by molar-refractivity contribution is 7.89. The van der Waals surface area contributed by atoms with Crippen LogP contribution in [0.2, 0.25) is 0 Å². The van der Waals surface area contributed by atoms with Gasteiger partial charge in [-0.3, -0.25) is 0 Å². The maximum absolute atomic E-state index is 12.8. The van der Waals surface area contributed by atoms with Crippen molar-refractivity contribution >= 4 is 31.6 Å². The minimum absolute atomic E-state index is 0.142. The van der Waals surface area contributed by atoms with Crippen molar-refractivity contribution in [2.75, 3.05) is 13.1 Å². The molecule has 3 aromatic rings. The number of rotatable bonds is 4. The number of hydrogen-bond donors (Lipinski definition) is 0. The van der Waals surface area contributed by atoms with E-state index in [1.54, 1.807) is 0 Å². The molecule has 30 heavy (non-hydrogen) atoms. The molecule has 0 radical (unpaired) electrons. The Balaban J connectivity index is 1.41. The third-order valence-electron chi connectivity index (χ3n) is 5.09. The molecule has 0 unspecified atom stereocenters. The highest BCUT2D eigenvalue weighted by Gasteiger charge is 2.33. The van der Waals surface area contributed by atoms with Gasteiger partial charge in [0.25, 0.3) is 5.19 Å². The quantitative estimate of drug-likeness (QED) is 0.563. The molecule has 0 spiro atoms. The van der Waals surface area contributed by atoms with Crippen molar-refractivity contribution in [2.24, 2.45) is 0 Å². The first kappa shape index (κ1) is 21.1. The summed E-state index contributed by atoms with van der Waals surface area (Å²) in [4.78, 5) is 4.38. The lowest BCUT2D eigenvalue weighted by Gasteiger charge is -2.30. The number of alkyl halides is 3. The first-order valence-electron chi connectivity index (χ1n) is 9.35. The van der Waals surface area contributed by atoms with Gasteiger partial charge in [-0.05, 0) is 55.7 Å². The van der Waals surface area contributed by atoms with Gasteiger partial charge in [0.2, 0.25) is 10.0 Å². The van der Waals surface area contributed by atoms with Crippen LogP contribution in [0, 0.1) is 6.92 Å². The van der Waals surface area contributed by atoms with Crippen LogP contribution in [0.5, 0.6) is 5.19 Å². The topological polar surface area (TPSA) is 59.5 Å². The normalized spacial score (nSPS) is 16.8. The summed E-state index contributed by atoms with van der Waals surface area (Å²) in [7, 11) is -3.85. The molecular weight excluding hydrogens is 437 g/mol. The number of hydrogen-bond acceptors (Lipinski definition) is 5. The maximum atomic E-state index is 12.8. The summed E-state index contributed by atoms with van der Waals surface area (Å²) >= 11 is 1.45. The number of halogens is 3. The van der Waals surface area contributed by atoms with Crippen LogP contribution in [0.4, 0.5) is 13.2 Å². The Hall–Kier alpha value is -2.17. The lowest BCUT2D eigenvalue weighted by atomic mass is 10.1. The lowest BCUT2D eigenvalue weighted by Crippen LogP contribution is -2.41. The molecule has 0 N–H and O–H groups in total. The second-order valence-corrected chi connectivity index (χ2v) is 10.1. The largest absolute Gasteiger partial charge is 0.467 e. The van der Waals surface area contributed by atoms with Crippen LogP contribution >= 0.6 is 11.3 Å². The van der Waals surface area contributed by atoms with Gasteiger partial charge in [0.15, 0.2) is 0 Å². The summed E-state index contributed by atoms with van der Waals surface area (Å²) < 4.78 is 71.9. The van der Waals surface area contributed by atoms with Crippen molar-refractivity contribution in [3.05, 3.63) is 53.6 Å². The molecule has 2 heterocycles. The fourth-order valence-electron chi connectivity index (χ4n) is 3.41. The molecule has 4 rings (SSSR count). The molecule has 10 heteroatoms. The predicted molar refractivity (Wildman–Crippen MR) is 108 cm³/mol. The second kappa shape index (κ2) is 7.82. The van der Waals surface area contributed by atoms with Gasteiger partial charge in [-0.2, -0.15) is 17.5 Å². The molecule has 160 valence electrons. The summed E-state index contributed by atoms with van der Waals surface area (Å²) in [5.41, 5.74) is 1.09. The fourth-order valence-corrected chi connectivity index (χ4v) is 5.84. The molecule has 0 atom stereocenters. The Kier molecular flexibility index (Phi) is 5.50. The van der Waals surface area contributed by atoms with E-state index in [9.17, 15) is 21.6 Å². The molecule has 1 fully saturated rings. The molecule has 0 aliphatic carbocycles. The summed E-state index contributed by atoms with van der Waals surface area (Å²) in [6.45, 7) is 2.45.